The summed E-state index contributed by atoms with van der Waals surface area (Å²) in [6.45, 7) is 2.26. The zero-order valence-electron chi connectivity index (χ0n) is 18.3. The second-order valence-electron chi connectivity index (χ2n) is 8.99. The molecule has 1 N–H and O–H groups in total. The van der Waals surface area contributed by atoms with Crippen LogP contribution in [0.3, 0.4) is 0 Å². The highest BCUT2D eigenvalue weighted by atomic mass is 16.5. The summed E-state index contributed by atoms with van der Waals surface area (Å²) in [4.78, 5) is 30.3. The van der Waals surface area contributed by atoms with Gasteiger partial charge in [0.25, 0.3) is 0 Å². The van der Waals surface area contributed by atoms with E-state index in [2.05, 4.69) is 11.9 Å². The lowest BCUT2D eigenvalue weighted by molar-refractivity contribution is -0.128. The Morgan fingerprint density at radius 3 is 2.94 bits per heavy atom. The minimum Gasteiger partial charge on any atom is -0.664 e. The van der Waals surface area contributed by atoms with E-state index in [1.807, 2.05) is 18.3 Å². The maximum atomic E-state index is 13.2. The summed E-state index contributed by atoms with van der Waals surface area (Å²) in [5.41, 5.74) is 4.43. The first-order valence-electron chi connectivity index (χ1n) is 11.2. The Bertz CT molecular complexity index is 1000. The molecule has 5 nitrogen and oxygen atoms in total. The maximum absolute atomic E-state index is 13.2. The number of hydrogen-bond donors (Lipinski definition) is 1. The summed E-state index contributed by atoms with van der Waals surface area (Å²) >= 11 is 0. The summed E-state index contributed by atoms with van der Waals surface area (Å²) in [5, 5.41) is 9.71. The predicted octanol–water partition coefficient (Wildman–Crippen LogP) is 4.61. The largest absolute Gasteiger partial charge is 0.664 e. The highest BCUT2D eigenvalue weighted by molar-refractivity contribution is 6.01. The molecule has 0 saturated carbocycles. The normalized spacial score (nSPS) is 22.3. The Balaban J connectivity index is 1.42. The van der Waals surface area contributed by atoms with Gasteiger partial charge in [0.1, 0.15) is 11.6 Å². The molecule has 0 spiro atoms. The number of carbonyl (C=O) groups excluding carboxylic acids is 2. The number of ketones is 2. The van der Waals surface area contributed by atoms with Crippen molar-refractivity contribution in [3.8, 4) is 11.5 Å². The third-order valence-corrected chi connectivity index (χ3v) is 6.73. The smallest absolute Gasteiger partial charge is 0.160 e. The van der Waals surface area contributed by atoms with Gasteiger partial charge >= 0.3 is 0 Å². The molecule has 0 fully saturated rings. The Morgan fingerprint density at radius 1 is 1.29 bits per heavy atom. The predicted molar refractivity (Wildman–Crippen MR) is 119 cm³/mol. The molecule has 0 unspecified atom stereocenters. The van der Waals surface area contributed by atoms with Crippen LogP contribution in [0.2, 0.25) is 0 Å². The van der Waals surface area contributed by atoms with Crippen LogP contribution < -0.4 is 9.72 Å². The van der Waals surface area contributed by atoms with Gasteiger partial charge in [-0.25, -0.2) is 0 Å². The topological polar surface area (TPSA) is 77.7 Å². The van der Waals surface area contributed by atoms with Crippen molar-refractivity contribution in [2.24, 2.45) is 11.8 Å². The number of ether oxygens (including phenoxy) is 1. The van der Waals surface area contributed by atoms with Crippen LogP contribution in [-0.2, 0) is 22.4 Å². The van der Waals surface area contributed by atoms with E-state index in [4.69, 9.17) is 4.74 Å². The molecule has 1 aromatic carbocycles. The molecule has 31 heavy (non-hydrogen) atoms. The number of Topliss-reactive ketones (excluding diaryl/α,β-unsaturated/α-hetero) is 2. The molecule has 5 heteroatoms. The summed E-state index contributed by atoms with van der Waals surface area (Å²) in [6.07, 6.45) is 11.0. The number of aromatic nitrogens is 1. The zero-order chi connectivity index (χ0) is 22.0. The first-order chi connectivity index (χ1) is 15.0. The van der Waals surface area contributed by atoms with Gasteiger partial charge in [-0.3, -0.25) is 9.59 Å². The number of carbonyl (C=O) groups is 2. The number of phenolic OH excluding ortho intramolecular Hbond substituents is 1. The first-order valence-corrected chi connectivity index (χ1v) is 11.2. The lowest BCUT2D eigenvalue weighted by Crippen LogP contribution is -2.28. The molecule has 1 heterocycles. The van der Waals surface area contributed by atoms with Crippen molar-refractivity contribution in [3.05, 3.63) is 52.9 Å². The van der Waals surface area contributed by atoms with Crippen LogP contribution in [0.4, 0.5) is 0 Å². The van der Waals surface area contributed by atoms with Gasteiger partial charge < -0.3 is 14.8 Å². The van der Waals surface area contributed by atoms with Crippen molar-refractivity contribution in [3.63, 3.8) is 0 Å². The molecular formula is C26H30NO4-. The van der Waals surface area contributed by atoms with Gasteiger partial charge in [-0.2, -0.15) is 6.20 Å². The van der Waals surface area contributed by atoms with Gasteiger partial charge in [0.2, 0.25) is 0 Å². The number of allylic oxidation sites excluding steroid dienone is 1. The van der Waals surface area contributed by atoms with E-state index < -0.39 is 0 Å². The third-order valence-electron chi connectivity index (χ3n) is 6.73. The first kappa shape index (κ1) is 21.4. The van der Waals surface area contributed by atoms with Crippen molar-refractivity contribution in [1.29, 1.82) is 0 Å². The lowest BCUT2D eigenvalue weighted by atomic mass is 9.71. The minimum absolute atomic E-state index is 0.0140. The maximum Gasteiger partial charge on any atom is 0.160 e. The van der Waals surface area contributed by atoms with E-state index in [1.165, 1.54) is 18.2 Å². The highest BCUT2D eigenvalue weighted by Crippen LogP contribution is 2.43. The van der Waals surface area contributed by atoms with Crippen molar-refractivity contribution < 1.29 is 19.4 Å². The number of nitrogens with zero attached hydrogens (tertiary/aromatic N) is 1. The van der Waals surface area contributed by atoms with Gasteiger partial charge in [-0.05, 0) is 55.2 Å². The minimum atomic E-state index is -0.242. The van der Waals surface area contributed by atoms with Crippen LogP contribution in [-0.4, -0.2) is 23.8 Å². The lowest BCUT2D eigenvalue weighted by Gasteiger charge is -2.34. The molecule has 4 rings (SSSR count). The molecule has 3 atom stereocenters. The molecule has 2 aromatic rings. The Morgan fingerprint density at radius 2 is 2.13 bits per heavy atom. The average Bonchev–Trinajstić information content (AvgIpc) is 3.15. The number of aromatic hydroxyl groups is 1. The standard InChI is InChI=1S/C26H30NO4/c1-16-4-3-5-18-15-27-22-10-9-20(21(12-16)26(18)22)24(30)14-19(28)8-6-17-7-11-23(29)25(13-17)31-2/h7,9-11,13,15-16,20-21,29H,3-6,8,12,14H2,1-2H3/q-1/t16-,20+,21-/m1/s1. The van der Waals surface area contributed by atoms with Crippen molar-refractivity contribution in [2.45, 2.75) is 57.8 Å². The Labute approximate surface area is 183 Å². The second kappa shape index (κ2) is 9.13. The summed E-state index contributed by atoms with van der Waals surface area (Å²) < 4.78 is 5.12. The van der Waals surface area contributed by atoms with E-state index in [1.54, 1.807) is 18.2 Å². The van der Waals surface area contributed by atoms with E-state index in [0.717, 1.165) is 36.9 Å². The van der Waals surface area contributed by atoms with Crippen LogP contribution in [0.25, 0.3) is 6.08 Å². The fourth-order valence-corrected chi connectivity index (χ4v) is 5.07. The Kier molecular flexibility index (Phi) is 6.30. The van der Waals surface area contributed by atoms with E-state index in [-0.39, 0.29) is 35.6 Å². The van der Waals surface area contributed by atoms with Crippen molar-refractivity contribution in [1.82, 2.24) is 4.98 Å². The quantitative estimate of drug-likeness (QED) is 0.662. The van der Waals surface area contributed by atoms with Crippen LogP contribution >= 0.6 is 0 Å². The van der Waals surface area contributed by atoms with Gasteiger partial charge in [0.15, 0.2) is 11.5 Å². The summed E-state index contributed by atoms with van der Waals surface area (Å²) in [5.74, 6) is 0.884. The van der Waals surface area contributed by atoms with E-state index in [0.29, 0.717) is 24.5 Å². The van der Waals surface area contributed by atoms with Crippen LogP contribution in [0.5, 0.6) is 11.5 Å². The summed E-state index contributed by atoms with van der Waals surface area (Å²) in [6, 6.07) is 5.07. The molecular weight excluding hydrogens is 390 g/mol. The molecule has 1 aromatic heterocycles. The SMILES string of the molecule is COc1cc(CCC(=O)CC(=O)[C@H]2C=Cc3[n-]cc4c3[C@@H]2C[C@H](C)CCC4)ccc1O. The molecule has 2 aliphatic carbocycles. The van der Waals surface area contributed by atoms with Crippen LogP contribution in [0.15, 0.2) is 30.5 Å². The number of hydrogen-bond acceptors (Lipinski definition) is 4. The third kappa shape index (κ3) is 4.60. The molecule has 164 valence electrons. The molecule has 0 saturated heterocycles. The van der Waals surface area contributed by atoms with Gasteiger partial charge in [0, 0.05) is 12.3 Å². The Hall–Kier alpha value is -2.82. The van der Waals surface area contributed by atoms with Crippen LogP contribution in [0.1, 0.15) is 67.3 Å². The van der Waals surface area contributed by atoms with Gasteiger partial charge in [0.05, 0.1) is 13.5 Å². The van der Waals surface area contributed by atoms with Crippen LogP contribution in [0, 0.1) is 11.8 Å². The van der Waals surface area contributed by atoms with Gasteiger partial charge in [-0.15, -0.1) is 5.69 Å². The van der Waals surface area contributed by atoms with Crippen molar-refractivity contribution in [2.75, 3.05) is 7.11 Å². The summed E-state index contributed by atoms with van der Waals surface area (Å²) in [7, 11) is 1.50. The van der Waals surface area contributed by atoms with Gasteiger partial charge in [-0.1, -0.05) is 42.7 Å². The number of benzene rings is 1. The monoisotopic (exact) mass is 420 g/mol. The molecule has 0 radical (unpaired) electrons. The van der Waals surface area contributed by atoms with Crippen molar-refractivity contribution >= 4 is 17.6 Å². The second-order valence-corrected chi connectivity index (χ2v) is 8.99. The molecule has 0 bridgehead atoms. The van der Waals surface area contributed by atoms with E-state index in [9.17, 15) is 14.7 Å². The number of rotatable bonds is 7. The molecule has 0 aliphatic heterocycles. The number of aryl methyl sites for hydroxylation is 2. The molecule has 0 amide bonds. The number of phenols is 1. The highest BCUT2D eigenvalue weighted by Gasteiger charge is 2.34. The fraction of sp³-hybridized carbons (Fsp3) is 0.462. The molecule has 2 aliphatic rings. The number of methoxy groups -OCH3 is 1. The average molecular weight is 421 g/mol. The van der Waals surface area contributed by atoms with E-state index >= 15 is 0 Å². The fourth-order valence-electron chi connectivity index (χ4n) is 5.07. The zero-order valence-corrected chi connectivity index (χ0v) is 18.3.